The summed E-state index contributed by atoms with van der Waals surface area (Å²) in [5, 5.41) is 2.18. The largest absolute Gasteiger partial charge is 0.464 e. The molecule has 0 aliphatic rings. The Bertz CT molecular complexity index is 268. The fraction of sp³-hybridized carbons (Fsp3) is 0.800. The molecule has 0 aliphatic carbocycles. The number of ether oxygens (including phenoxy) is 2. The Labute approximate surface area is 121 Å². The SMILES string of the molecule is CCCCCOC(=O)CNC(=O)OCC(Cl)(Cl)Cl. The molecule has 1 amide bonds. The van der Waals surface area contributed by atoms with Gasteiger partial charge in [0.1, 0.15) is 13.2 Å². The molecule has 1 N–H and O–H groups in total. The highest BCUT2D eigenvalue weighted by Crippen LogP contribution is 2.25. The number of unbranched alkanes of at least 4 members (excludes halogenated alkanes) is 2. The van der Waals surface area contributed by atoms with Crippen molar-refractivity contribution in [3.8, 4) is 0 Å². The molecule has 0 aromatic rings. The van der Waals surface area contributed by atoms with E-state index in [1.807, 2.05) is 6.92 Å². The van der Waals surface area contributed by atoms with Gasteiger partial charge in [-0.05, 0) is 6.42 Å². The van der Waals surface area contributed by atoms with E-state index in [0.29, 0.717) is 6.61 Å². The van der Waals surface area contributed by atoms with Crippen LogP contribution in [0.2, 0.25) is 0 Å². The number of hydrogen-bond donors (Lipinski definition) is 1. The molecule has 5 nitrogen and oxygen atoms in total. The van der Waals surface area contributed by atoms with Crippen LogP contribution in [-0.2, 0) is 14.3 Å². The molecule has 0 saturated heterocycles. The Morgan fingerprint density at radius 2 is 1.83 bits per heavy atom. The van der Waals surface area contributed by atoms with Crippen molar-refractivity contribution in [1.29, 1.82) is 0 Å². The number of nitrogens with one attached hydrogen (secondary N) is 1. The molecular formula is C10H16Cl3NO4. The predicted molar refractivity (Wildman–Crippen MR) is 70.1 cm³/mol. The summed E-state index contributed by atoms with van der Waals surface area (Å²) in [5.74, 6) is -0.531. The predicted octanol–water partition coefficient (Wildman–Crippen LogP) is 2.82. The summed E-state index contributed by atoms with van der Waals surface area (Å²) >= 11 is 16.1. The molecule has 8 heteroatoms. The molecule has 0 fully saturated rings. The van der Waals surface area contributed by atoms with E-state index in [4.69, 9.17) is 39.5 Å². The van der Waals surface area contributed by atoms with Crippen LogP contribution in [0.3, 0.4) is 0 Å². The van der Waals surface area contributed by atoms with Crippen LogP contribution >= 0.6 is 34.8 Å². The molecule has 0 aliphatic heterocycles. The van der Waals surface area contributed by atoms with Crippen molar-refractivity contribution in [3.05, 3.63) is 0 Å². The molecule has 0 aromatic carbocycles. The third-order valence-electron chi connectivity index (χ3n) is 1.75. The topological polar surface area (TPSA) is 64.6 Å². The van der Waals surface area contributed by atoms with Gasteiger partial charge in [-0.3, -0.25) is 4.79 Å². The van der Waals surface area contributed by atoms with Crippen LogP contribution in [0.15, 0.2) is 0 Å². The summed E-state index contributed by atoms with van der Waals surface area (Å²) in [4.78, 5) is 22.2. The Balaban J connectivity index is 3.56. The van der Waals surface area contributed by atoms with Crippen LogP contribution < -0.4 is 5.32 Å². The molecule has 0 aromatic heterocycles. The van der Waals surface area contributed by atoms with Crippen molar-refractivity contribution in [2.45, 2.75) is 30.0 Å². The summed E-state index contributed by atoms with van der Waals surface area (Å²) in [7, 11) is 0. The first-order chi connectivity index (χ1) is 8.35. The first-order valence-electron chi connectivity index (χ1n) is 5.48. The molecule has 0 bridgehead atoms. The summed E-state index contributed by atoms with van der Waals surface area (Å²) < 4.78 is 7.73. The average molecular weight is 321 g/mol. The molecule has 0 saturated carbocycles. The minimum Gasteiger partial charge on any atom is -0.464 e. The Hall–Kier alpha value is -0.390. The van der Waals surface area contributed by atoms with Crippen LogP contribution in [0.5, 0.6) is 0 Å². The second kappa shape index (κ2) is 9.53. The molecule has 0 atom stereocenters. The summed E-state index contributed by atoms with van der Waals surface area (Å²) in [5.41, 5.74) is 0. The minimum atomic E-state index is -1.67. The Kier molecular flexibility index (Phi) is 9.32. The zero-order valence-electron chi connectivity index (χ0n) is 10.0. The summed E-state index contributed by atoms with van der Waals surface area (Å²) in [6.07, 6.45) is 2.00. The smallest absolute Gasteiger partial charge is 0.407 e. The van der Waals surface area contributed by atoms with E-state index in [9.17, 15) is 9.59 Å². The van der Waals surface area contributed by atoms with Gasteiger partial charge in [0, 0.05) is 0 Å². The van der Waals surface area contributed by atoms with Crippen molar-refractivity contribution in [2.75, 3.05) is 19.8 Å². The maximum absolute atomic E-state index is 11.1. The second-order valence-electron chi connectivity index (χ2n) is 3.47. The maximum Gasteiger partial charge on any atom is 0.407 e. The van der Waals surface area contributed by atoms with E-state index in [0.717, 1.165) is 19.3 Å². The van der Waals surface area contributed by atoms with Crippen molar-refractivity contribution in [2.24, 2.45) is 0 Å². The lowest BCUT2D eigenvalue weighted by molar-refractivity contribution is -0.142. The molecule has 0 unspecified atom stereocenters. The normalized spacial score (nSPS) is 10.9. The van der Waals surface area contributed by atoms with Crippen molar-refractivity contribution < 1.29 is 19.1 Å². The molecule has 0 rings (SSSR count). The second-order valence-corrected chi connectivity index (χ2v) is 5.99. The maximum atomic E-state index is 11.1. The van der Waals surface area contributed by atoms with Gasteiger partial charge in [-0.25, -0.2) is 4.79 Å². The van der Waals surface area contributed by atoms with Gasteiger partial charge in [0.2, 0.25) is 3.79 Å². The highest BCUT2D eigenvalue weighted by atomic mass is 35.6. The van der Waals surface area contributed by atoms with Crippen molar-refractivity contribution in [3.63, 3.8) is 0 Å². The van der Waals surface area contributed by atoms with Gasteiger partial charge in [-0.2, -0.15) is 0 Å². The van der Waals surface area contributed by atoms with Crippen molar-refractivity contribution in [1.82, 2.24) is 5.32 Å². The van der Waals surface area contributed by atoms with Crippen LogP contribution in [0, 0.1) is 0 Å². The van der Waals surface area contributed by atoms with E-state index in [2.05, 4.69) is 10.1 Å². The van der Waals surface area contributed by atoms with Gasteiger partial charge < -0.3 is 14.8 Å². The number of rotatable bonds is 7. The molecule has 18 heavy (non-hydrogen) atoms. The van der Waals surface area contributed by atoms with Gasteiger partial charge >= 0.3 is 12.1 Å². The number of halogens is 3. The first-order valence-corrected chi connectivity index (χ1v) is 6.61. The monoisotopic (exact) mass is 319 g/mol. The number of alkyl carbamates (subject to hydrolysis) is 1. The average Bonchev–Trinajstić information content (AvgIpc) is 2.28. The molecule has 0 spiro atoms. The zero-order chi connectivity index (χ0) is 14.0. The molecular weight excluding hydrogens is 304 g/mol. The van der Waals surface area contributed by atoms with E-state index in [-0.39, 0.29) is 6.54 Å². The Morgan fingerprint density at radius 3 is 2.39 bits per heavy atom. The van der Waals surface area contributed by atoms with Gasteiger partial charge in [0.05, 0.1) is 6.61 Å². The lowest BCUT2D eigenvalue weighted by Gasteiger charge is -2.11. The minimum absolute atomic E-state index is 0.273. The van der Waals surface area contributed by atoms with Gasteiger partial charge in [0.25, 0.3) is 0 Å². The molecule has 106 valence electrons. The standard InChI is InChI=1S/C10H16Cl3NO4/c1-2-3-4-5-17-8(15)6-14-9(16)18-7-10(11,12)13/h2-7H2,1H3,(H,14,16). The van der Waals surface area contributed by atoms with Crippen LogP contribution in [0.25, 0.3) is 0 Å². The van der Waals surface area contributed by atoms with Crippen molar-refractivity contribution >= 4 is 46.9 Å². The number of carbonyl (C=O) groups is 2. The lowest BCUT2D eigenvalue weighted by atomic mass is 10.3. The quantitative estimate of drug-likeness (QED) is 0.445. The third kappa shape index (κ3) is 12.1. The number of amides is 1. The van der Waals surface area contributed by atoms with Crippen LogP contribution in [0.4, 0.5) is 4.79 Å². The number of esters is 1. The fourth-order valence-corrected chi connectivity index (χ4v) is 1.10. The number of carbonyl (C=O) groups excluding carboxylic acids is 2. The highest BCUT2D eigenvalue weighted by molar-refractivity contribution is 6.67. The summed E-state index contributed by atoms with van der Waals surface area (Å²) in [6, 6.07) is 0. The number of hydrogen-bond acceptors (Lipinski definition) is 4. The van der Waals surface area contributed by atoms with Crippen LogP contribution in [-0.4, -0.2) is 35.6 Å². The van der Waals surface area contributed by atoms with E-state index in [1.165, 1.54) is 0 Å². The zero-order valence-corrected chi connectivity index (χ0v) is 12.3. The first kappa shape index (κ1) is 17.6. The van der Waals surface area contributed by atoms with Gasteiger partial charge in [0.15, 0.2) is 0 Å². The van der Waals surface area contributed by atoms with Crippen LogP contribution in [0.1, 0.15) is 26.2 Å². The number of alkyl halides is 3. The summed E-state index contributed by atoms with van der Waals surface area (Å²) in [6.45, 7) is 1.72. The highest BCUT2D eigenvalue weighted by Gasteiger charge is 2.22. The van der Waals surface area contributed by atoms with E-state index >= 15 is 0 Å². The fourth-order valence-electron chi connectivity index (χ4n) is 0.932. The third-order valence-corrected chi connectivity index (χ3v) is 2.08. The van der Waals surface area contributed by atoms with Gasteiger partial charge in [-0.15, -0.1) is 0 Å². The van der Waals surface area contributed by atoms with Gasteiger partial charge in [-0.1, -0.05) is 54.6 Å². The Morgan fingerprint density at radius 1 is 1.17 bits per heavy atom. The molecule has 0 radical (unpaired) electrons. The molecule has 0 heterocycles. The van der Waals surface area contributed by atoms with E-state index in [1.54, 1.807) is 0 Å². The van der Waals surface area contributed by atoms with E-state index < -0.39 is 22.5 Å². The lowest BCUT2D eigenvalue weighted by Crippen LogP contribution is -2.33.